The van der Waals surface area contributed by atoms with Gasteiger partial charge >= 0.3 is 11.9 Å². The molecule has 0 bridgehead atoms. The molecule has 2 aromatic carbocycles. The van der Waals surface area contributed by atoms with Gasteiger partial charge in [-0.3, -0.25) is 9.59 Å². The first kappa shape index (κ1) is 28.2. The summed E-state index contributed by atoms with van der Waals surface area (Å²) in [4.78, 5) is 50.9. The van der Waals surface area contributed by atoms with E-state index in [0.29, 0.717) is 0 Å². The summed E-state index contributed by atoms with van der Waals surface area (Å²) in [6, 6.07) is 17.4. The highest BCUT2D eigenvalue weighted by Gasteiger charge is 2.31. The molecule has 2 aromatic rings. The third kappa shape index (κ3) is 7.54. The number of hydrogen-bond acceptors (Lipinski definition) is 6. The van der Waals surface area contributed by atoms with E-state index < -0.39 is 35.5 Å². The van der Waals surface area contributed by atoms with E-state index in [2.05, 4.69) is 5.32 Å². The van der Waals surface area contributed by atoms with E-state index in [1.807, 2.05) is 66.6 Å². The lowest BCUT2D eigenvalue weighted by atomic mass is 9.94. The van der Waals surface area contributed by atoms with Crippen LogP contribution in [0.15, 0.2) is 90.3 Å². The van der Waals surface area contributed by atoms with Gasteiger partial charge in [0.1, 0.15) is 17.3 Å². The quantitative estimate of drug-likeness (QED) is 0.357. The fraction of sp³-hybridized carbons (Fsp3) is 0.300. The Kier molecular flexibility index (Phi) is 9.41. The molecule has 38 heavy (non-hydrogen) atoms. The lowest BCUT2D eigenvalue weighted by Gasteiger charge is -2.34. The number of carboxylic acids is 1. The maximum atomic E-state index is 13.2. The topological polar surface area (TPSA) is 113 Å². The Hall–Kier alpha value is -4.42. The molecule has 8 nitrogen and oxygen atoms in total. The number of hydrogen-bond donors (Lipinski definition) is 2. The SMILES string of the molecule is CC(C)(C)OC(=O)CCCC(NC(=O)C1=CC=CN(C(c2ccccc2)c2ccccc2)C1=C=O)C(=O)O. The normalized spacial score (nSPS) is 13.9. The molecule has 1 aliphatic rings. The zero-order valence-corrected chi connectivity index (χ0v) is 21.7. The molecule has 1 heterocycles. The predicted molar refractivity (Wildman–Crippen MR) is 142 cm³/mol. The third-order valence-electron chi connectivity index (χ3n) is 5.77. The molecule has 1 atom stereocenters. The molecule has 0 fully saturated rings. The van der Waals surface area contributed by atoms with Crippen LogP contribution in [0.25, 0.3) is 0 Å². The maximum Gasteiger partial charge on any atom is 0.326 e. The highest BCUT2D eigenvalue weighted by Crippen LogP contribution is 2.35. The fourth-order valence-corrected chi connectivity index (χ4v) is 4.15. The number of nitrogens with one attached hydrogen (secondary N) is 1. The average Bonchev–Trinajstić information content (AvgIpc) is 2.88. The molecule has 8 heteroatoms. The Balaban J connectivity index is 1.78. The number of amides is 1. The van der Waals surface area contributed by atoms with Crippen LogP contribution in [-0.2, 0) is 23.9 Å². The number of carbonyl (C=O) groups is 3. The molecule has 0 aliphatic carbocycles. The summed E-state index contributed by atoms with van der Waals surface area (Å²) in [5.74, 6) is -0.512. The fourth-order valence-electron chi connectivity index (χ4n) is 4.15. The number of rotatable bonds is 10. The molecule has 1 aliphatic heterocycles. The number of benzene rings is 2. The molecule has 0 radical (unpaired) electrons. The molecule has 0 aromatic heterocycles. The maximum absolute atomic E-state index is 13.2. The van der Waals surface area contributed by atoms with Crippen LogP contribution < -0.4 is 5.32 Å². The van der Waals surface area contributed by atoms with Crippen LogP contribution in [0.1, 0.15) is 57.2 Å². The number of esters is 1. The van der Waals surface area contributed by atoms with Crippen molar-refractivity contribution in [3.8, 4) is 0 Å². The van der Waals surface area contributed by atoms with Gasteiger partial charge in [0, 0.05) is 12.6 Å². The highest BCUT2D eigenvalue weighted by molar-refractivity contribution is 6.02. The van der Waals surface area contributed by atoms with Crippen LogP contribution in [0.2, 0.25) is 0 Å². The van der Waals surface area contributed by atoms with E-state index in [1.54, 1.807) is 37.9 Å². The van der Waals surface area contributed by atoms with Crippen LogP contribution in [0.4, 0.5) is 0 Å². The van der Waals surface area contributed by atoms with E-state index in [0.717, 1.165) is 11.1 Å². The summed E-state index contributed by atoms with van der Waals surface area (Å²) in [5, 5.41) is 12.2. The molecule has 2 N–H and O–H groups in total. The van der Waals surface area contributed by atoms with Crippen molar-refractivity contribution < 1.29 is 29.0 Å². The molecule has 0 saturated heterocycles. The van der Waals surface area contributed by atoms with Crippen LogP contribution in [0.5, 0.6) is 0 Å². The second-order valence-corrected chi connectivity index (χ2v) is 9.85. The van der Waals surface area contributed by atoms with Gasteiger partial charge in [0.05, 0.1) is 11.6 Å². The van der Waals surface area contributed by atoms with Crippen molar-refractivity contribution in [1.82, 2.24) is 10.2 Å². The Labute approximate surface area is 222 Å². The van der Waals surface area contributed by atoms with E-state index in [-0.39, 0.29) is 30.5 Å². The van der Waals surface area contributed by atoms with Crippen LogP contribution in [0.3, 0.4) is 0 Å². The van der Waals surface area contributed by atoms with Gasteiger partial charge in [-0.15, -0.1) is 0 Å². The summed E-state index contributed by atoms with van der Waals surface area (Å²) in [6.45, 7) is 5.25. The van der Waals surface area contributed by atoms with Crippen molar-refractivity contribution in [3.05, 3.63) is 101 Å². The largest absolute Gasteiger partial charge is 0.480 e. The van der Waals surface area contributed by atoms with Crippen molar-refractivity contribution in [3.63, 3.8) is 0 Å². The first-order valence-corrected chi connectivity index (χ1v) is 12.4. The predicted octanol–water partition coefficient (Wildman–Crippen LogP) is 4.33. The lowest BCUT2D eigenvalue weighted by molar-refractivity contribution is -0.155. The van der Waals surface area contributed by atoms with Gasteiger partial charge < -0.3 is 20.1 Å². The van der Waals surface area contributed by atoms with E-state index >= 15 is 0 Å². The molecule has 198 valence electrons. The summed E-state index contributed by atoms with van der Waals surface area (Å²) in [6.07, 6.45) is 5.02. The molecule has 3 rings (SSSR count). The highest BCUT2D eigenvalue weighted by atomic mass is 16.6. The molecule has 0 spiro atoms. The summed E-state index contributed by atoms with van der Waals surface area (Å²) in [5.41, 5.74) is 1.13. The Morgan fingerprint density at radius 3 is 2.08 bits per heavy atom. The van der Waals surface area contributed by atoms with E-state index in [9.17, 15) is 24.3 Å². The zero-order chi connectivity index (χ0) is 27.7. The first-order valence-electron chi connectivity index (χ1n) is 12.4. The van der Waals surface area contributed by atoms with Gasteiger partial charge in [0.2, 0.25) is 0 Å². The Morgan fingerprint density at radius 2 is 1.58 bits per heavy atom. The minimum Gasteiger partial charge on any atom is -0.480 e. The number of carboxylic acid groups (broad SMARTS) is 1. The number of aliphatic carboxylic acids is 1. The van der Waals surface area contributed by atoms with E-state index in [4.69, 9.17) is 4.74 Å². The average molecular weight is 517 g/mol. The van der Waals surface area contributed by atoms with Crippen LogP contribution >= 0.6 is 0 Å². The summed E-state index contributed by atoms with van der Waals surface area (Å²) < 4.78 is 5.25. The van der Waals surface area contributed by atoms with Crippen molar-refractivity contribution in [2.75, 3.05) is 0 Å². The Morgan fingerprint density at radius 1 is 1.00 bits per heavy atom. The van der Waals surface area contributed by atoms with Crippen molar-refractivity contribution in [2.24, 2.45) is 0 Å². The van der Waals surface area contributed by atoms with E-state index in [1.165, 1.54) is 6.08 Å². The molecule has 0 saturated carbocycles. The van der Waals surface area contributed by atoms with Crippen molar-refractivity contribution in [2.45, 2.75) is 57.7 Å². The molecule has 1 unspecified atom stereocenters. The summed E-state index contributed by atoms with van der Waals surface area (Å²) >= 11 is 0. The lowest BCUT2D eigenvalue weighted by Crippen LogP contribution is -2.43. The van der Waals surface area contributed by atoms with Gasteiger partial charge in [-0.2, -0.15) is 0 Å². The van der Waals surface area contributed by atoms with Crippen LogP contribution in [0, 0.1) is 0 Å². The van der Waals surface area contributed by atoms with Crippen molar-refractivity contribution >= 4 is 23.8 Å². The van der Waals surface area contributed by atoms with Gasteiger partial charge in [-0.05, 0) is 56.9 Å². The minimum absolute atomic E-state index is 0.00208. The summed E-state index contributed by atoms with van der Waals surface area (Å²) in [7, 11) is 0. The molecular formula is C30H32N2O6. The molecule has 1 amide bonds. The monoisotopic (exact) mass is 516 g/mol. The number of carbonyl (C=O) groups excluding carboxylic acids is 3. The van der Waals surface area contributed by atoms with Gasteiger partial charge in [-0.1, -0.05) is 60.7 Å². The second-order valence-electron chi connectivity index (χ2n) is 9.85. The first-order chi connectivity index (χ1) is 18.1. The number of ether oxygens (including phenoxy) is 1. The Bertz CT molecular complexity index is 1220. The second kappa shape index (κ2) is 12.7. The standard InChI is InChI=1S/C30H32N2O6/c1-30(2,3)38-26(34)18-10-17-24(29(36)37)31-28(35)23-16-11-19-32(25(23)20-33)27(21-12-6-4-7-13-21)22-14-8-5-9-15-22/h4-9,11-16,19,24,27H,10,17-18H2,1-3H3,(H,31,35)(H,36,37). The smallest absolute Gasteiger partial charge is 0.326 e. The third-order valence-corrected chi connectivity index (χ3v) is 5.77. The van der Waals surface area contributed by atoms with Crippen LogP contribution in [-0.4, -0.2) is 45.4 Å². The minimum atomic E-state index is -1.25. The van der Waals surface area contributed by atoms with Gasteiger partial charge in [0.15, 0.2) is 5.94 Å². The number of allylic oxidation sites excluding steroid dienone is 2. The molecular weight excluding hydrogens is 484 g/mol. The van der Waals surface area contributed by atoms with Gasteiger partial charge in [0.25, 0.3) is 5.91 Å². The van der Waals surface area contributed by atoms with Gasteiger partial charge in [-0.25, -0.2) is 9.59 Å². The van der Waals surface area contributed by atoms with Crippen molar-refractivity contribution in [1.29, 1.82) is 0 Å². The number of nitrogens with zero attached hydrogens (tertiary/aromatic N) is 1. The zero-order valence-electron chi connectivity index (χ0n) is 21.7.